The second kappa shape index (κ2) is 6.54. The summed E-state index contributed by atoms with van der Waals surface area (Å²) in [5.74, 6) is 0.668. The molecule has 0 saturated carbocycles. The summed E-state index contributed by atoms with van der Waals surface area (Å²) < 4.78 is 5.86. The molecule has 3 heteroatoms. The molecule has 3 rings (SSSR count). The van der Waals surface area contributed by atoms with Crippen molar-refractivity contribution in [1.82, 2.24) is 0 Å². The fourth-order valence-corrected chi connectivity index (χ4v) is 2.50. The van der Waals surface area contributed by atoms with Gasteiger partial charge in [-0.05, 0) is 29.3 Å². The van der Waals surface area contributed by atoms with E-state index < -0.39 is 0 Å². The highest BCUT2D eigenvalue weighted by molar-refractivity contribution is 6.33. The molecule has 0 aliphatic heterocycles. The quantitative estimate of drug-likeness (QED) is 0.675. The Bertz CT molecular complexity index is 771. The maximum Gasteiger partial charge on any atom is 0.143 e. The zero-order chi connectivity index (χ0) is 15.4. The number of rotatable bonds is 4. The van der Waals surface area contributed by atoms with E-state index in [-0.39, 0.29) is 0 Å². The minimum atomic E-state index is 0.483. The lowest BCUT2D eigenvalue weighted by Crippen LogP contribution is -1.99. The van der Waals surface area contributed by atoms with Gasteiger partial charge in [-0.15, -0.1) is 0 Å². The largest absolute Gasteiger partial charge is 0.487 e. The Balaban J connectivity index is 1.86. The molecule has 0 heterocycles. The highest BCUT2D eigenvalue weighted by Gasteiger charge is 2.07. The smallest absolute Gasteiger partial charge is 0.143 e. The summed E-state index contributed by atoms with van der Waals surface area (Å²) in [6.45, 7) is 0.483. The van der Waals surface area contributed by atoms with Gasteiger partial charge in [-0.2, -0.15) is 0 Å². The van der Waals surface area contributed by atoms with Gasteiger partial charge >= 0.3 is 0 Å². The Kier molecular flexibility index (Phi) is 4.31. The second-order valence-corrected chi connectivity index (χ2v) is 5.41. The third kappa shape index (κ3) is 3.23. The molecule has 2 N–H and O–H groups in total. The fraction of sp³-hybridized carbons (Fsp3) is 0.0526. The molecule has 0 spiro atoms. The maximum absolute atomic E-state index is 6.25. The first-order valence-electron chi connectivity index (χ1n) is 7.05. The van der Waals surface area contributed by atoms with E-state index in [1.165, 1.54) is 0 Å². The molecule has 0 unspecified atom stereocenters. The van der Waals surface area contributed by atoms with Crippen molar-refractivity contribution in [3.8, 4) is 16.9 Å². The lowest BCUT2D eigenvalue weighted by atomic mass is 10.0. The van der Waals surface area contributed by atoms with Gasteiger partial charge < -0.3 is 10.5 Å². The van der Waals surface area contributed by atoms with Gasteiger partial charge in [0.05, 0.1) is 5.69 Å². The van der Waals surface area contributed by atoms with Crippen molar-refractivity contribution in [3.05, 3.63) is 83.4 Å². The average Bonchev–Trinajstić information content (AvgIpc) is 2.56. The van der Waals surface area contributed by atoms with Crippen LogP contribution in [0.2, 0.25) is 5.02 Å². The molecule has 22 heavy (non-hydrogen) atoms. The summed E-state index contributed by atoms with van der Waals surface area (Å²) in [6.07, 6.45) is 0. The van der Waals surface area contributed by atoms with Crippen LogP contribution in [0.4, 0.5) is 5.69 Å². The number of ether oxygens (including phenoxy) is 1. The van der Waals surface area contributed by atoms with Gasteiger partial charge in [-0.3, -0.25) is 0 Å². The van der Waals surface area contributed by atoms with Crippen molar-refractivity contribution < 1.29 is 4.74 Å². The standard InChI is InChI=1S/C19H16ClNO/c20-17-9-5-4-8-16(17)15-10-11-18(21)19(12-15)22-13-14-6-2-1-3-7-14/h1-12H,13,21H2. The second-order valence-electron chi connectivity index (χ2n) is 5.01. The van der Waals surface area contributed by atoms with Crippen molar-refractivity contribution in [2.75, 3.05) is 5.73 Å². The average molecular weight is 310 g/mol. The molecule has 0 atom stereocenters. The Hall–Kier alpha value is -2.45. The van der Waals surface area contributed by atoms with Crippen LogP contribution in [0.25, 0.3) is 11.1 Å². The van der Waals surface area contributed by atoms with E-state index in [9.17, 15) is 0 Å². The van der Waals surface area contributed by atoms with E-state index in [1.807, 2.05) is 72.8 Å². The molecular weight excluding hydrogens is 294 g/mol. The molecule has 0 aliphatic rings. The first kappa shape index (κ1) is 14.5. The third-order valence-electron chi connectivity index (χ3n) is 3.44. The molecular formula is C19H16ClNO. The summed E-state index contributed by atoms with van der Waals surface area (Å²) in [5.41, 5.74) is 9.69. The van der Waals surface area contributed by atoms with Gasteiger partial charge in [0.2, 0.25) is 0 Å². The summed E-state index contributed by atoms with van der Waals surface area (Å²) >= 11 is 6.25. The SMILES string of the molecule is Nc1ccc(-c2ccccc2Cl)cc1OCc1ccccc1. The van der Waals surface area contributed by atoms with Crippen molar-refractivity contribution in [3.63, 3.8) is 0 Å². The molecule has 0 aliphatic carbocycles. The summed E-state index contributed by atoms with van der Waals surface area (Å²) in [5, 5.41) is 0.710. The Labute approximate surface area is 135 Å². The number of halogens is 1. The fourth-order valence-electron chi connectivity index (χ4n) is 2.26. The molecule has 0 aromatic heterocycles. The van der Waals surface area contributed by atoms with Crippen molar-refractivity contribution in [2.45, 2.75) is 6.61 Å². The van der Waals surface area contributed by atoms with Crippen LogP contribution in [-0.4, -0.2) is 0 Å². The highest BCUT2D eigenvalue weighted by Crippen LogP contribution is 2.33. The van der Waals surface area contributed by atoms with E-state index in [4.69, 9.17) is 22.1 Å². The van der Waals surface area contributed by atoms with Crippen LogP contribution in [0, 0.1) is 0 Å². The van der Waals surface area contributed by atoms with Crippen molar-refractivity contribution >= 4 is 17.3 Å². The number of nitrogen functional groups attached to an aromatic ring is 1. The minimum Gasteiger partial charge on any atom is -0.487 e. The summed E-state index contributed by atoms with van der Waals surface area (Å²) in [6, 6.07) is 23.5. The van der Waals surface area contributed by atoms with Gasteiger partial charge in [0.25, 0.3) is 0 Å². The summed E-state index contributed by atoms with van der Waals surface area (Å²) in [4.78, 5) is 0. The van der Waals surface area contributed by atoms with Gasteiger partial charge in [0.1, 0.15) is 12.4 Å². The lowest BCUT2D eigenvalue weighted by Gasteiger charge is -2.12. The number of anilines is 1. The molecule has 0 bridgehead atoms. The normalized spacial score (nSPS) is 10.4. The Morgan fingerprint density at radius 2 is 1.59 bits per heavy atom. The van der Waals surface area contributed by atoms with Crippen LogP contribution < -0.4 is 10.5 Å². The molecule has 0 radical (unpaired) electrons. The molecule has 3 aromatic rings. The van der Waals surface area contributed by atoms with E-state index in [2.05, 4.69) is 0 Å². The van der Waals surface area contributed by atoms with Crippen LogP contribution in [0.1, 0.15) is 5.56 Å². The van der Waals surface area contributed by atoms with E-state index in [0.29, 0.717) is 23.1 Å². The van der Waals surface area contributed by atoms with Gasteiger partial charge in [0, 0.05) is 10.6 Å². The lowest BCUT2D eigenvalue weighted by molar-refractivity contribution is 0.308. The zero-order valence-corrected chi connectivity index (χ0v) is 12.8. The predicted octanol–water partition coefficient (Wildman–Crippen LogP) is 5.17. The number of hydrogen-bond donors (Lipinski definition) is 1. The third-order valence-corrected chi connectivity index (χ3v) is 3.77. The molecule has 0 saturated heterocycles. The minimum absolute atomic E-state index is 0.483. The maximum atomic E-state index is 6.25. The van der Waals surface area contributed by atoms with Crippen LogP contribution in [0.15, 0.2) is 72.8 Å². The van der Waals surface area contributed by atoms with Crippen LogP contribution in [-0.2, 0) is 6.61 Å². The first-order valence-corrected chi connectivity index (χ1v) is 7.43. The Morgan fingerprint density at radius 3 is 2.36 bits per heavy atom. The van der Waals surface area contributed by atoms with E-state index >= 15 is 0 Å². The summed E-state index contributed by atoms with van der Waals surface area (Å²) in [7, 11) is 0. The first-order chi connectivity index (χ1) is 10.7. The van der Waals surface area contributed by atoms with E-state index in [1.54, 1.807) is 0 Å². The predicted molar refractivity (Wildman–Crippen MR) is 92.1 cm³/mol. The molecule has 110 valence electrons. The van der Waals surface area contributed by atoms with E-state index in [0.717, 1.165) is 16.7 Å². The van der Waals surface area contributed by atoms with Crippen molar-refractivity contribution in [2.24, 2.45) is 0 Å². The Morgan fingerprint density at radius 1 is 0.864 bits per heavy atom. The highest BCUT2D eigenvalue weighted by atomic mass is 35.5. The van der Waals surface area contributed by atoms with Crippen LogP contribution >= 0.6 is 11.6 Å². The van der Waals surface area contributed by atoms with Crippen LogP contribution in [0.3, 0.4) is 0 Å². The zero-order valence-electron chi connectivity index (χ0n) is 12.0. The number of hydrogen-bond acceptors (Lipinski definition) is 2. The monoisotopic (exact) mass is 309 g/mol. The van der Waals surface area contributed by atoms with Crippen molar-refractivity contribution in [1.29, 1.82) is 0 Å². The molecule has 3 aromatic carbocycles. The molecule has 2 nitrogen and oxygen atoms in total. The number of benzene rings is 3. The molecule has 0 fully saturated rings. The van der Waals surface area contributed by atoms with Gasteiger partial charge in [0.15, 0.2) is 0 Å². The van der Waals surface area contributed by atoms with Gasteiger partial charge in [-0.1, -0.05) is 66.2 Å². The van der Waals surface area contributed by atoms with Crippen LogP contribution in [0.5, 0.6) is 5.75 Å². The van der Waals surface area contributed by atoms with Gasteiger partial charge in [-0.25, -0.2) is 0 Å². The number of nitrogens with two attached hydrogens (primary N) is 1. The topological polar surface area (TPSA) is 35.2 Å². The molecule has 0 amide bonds.